The number of halogens is 1. The normalized spacial score (nSPS) is 22.4. The molecule has 0 aromatic carbocycles. The second-order valence-corrected chi connectivity index (χ2v) is 6.03. The molecule has 2 rings (SSSR count). The Bertz CT molecular complexity index is 545. The molecule has 6 heteroatoms. The number of hydrogen-bond donors (Lipinski definition) is 1. The minimum absolute atomic E-state index is 0.108. The Morgan fingerprint density at radius 3 is 2.85 bits per heavy atom. The number of carbonyl (C=O) groups is 2. The van der Waals surface area contributed by atoms with E-state index in [1.165, 1.54) is 0 Å². The summed E-state index contributed by atoms with van der Waals surface area (Å²) in [6.45, 7) is 5.67. The van der Waals surface area contributed by atoms with Crippen LogP contribution in [0.4, 0.5) is 0 Å². The van der Waals surface area contributed by atoms with E-state index in [9.17, 15) is 9.59 Å². The zero-order valence-corrected chi connectivity index (χ0v) is 12.6. The minimum Gasteiger partial charge on any atom is -0.342 e. The molecule has 2 heterocycles. The van der Waals surface area contributed by atoms with Gasteiger partial charge in [-0.05, 0) is 32.4 Å². The van der Waals surface area contributed by atoms with Crippen molar-refractivity contribution in [3.8, 4) is 0 Å². The van der Waals surface area contributed by atoms with Crippen LogP contribution in [0.3, 0.4) is 0 Å². The minimum atomic E-state index is -0.901. The lowest BCUT2D eigenvalue weighted by atomic mass is 10.0. The van der Waals surface area contributed by atoms with Crippen LogP contribution in [-0.2, 0) is 16.1 Å². The number of carbonyl (C=O) groups excluding carboxylic acids is 2. The first-order chi connectivity index (χ1) is 9.31. The van der Waals surface area contributed by atoms with Gasteiger partial charge in [0.25, 0.3) is 0 Å². The number of amides is 2. The van der Waals surface area contributed by atoms with E-state index in [0.717, 1.165) is 5.56 Å². The summed E-state index contributed by atoms with van der Waals surface area (Å²) in [7, 11) is 0. The van der Waals surface area contributed by atoms with Gasteiger partial charge < -0.3 is 10.2 Å². The fourth-order valence-corrected chi connectivity index (χ4v) is 2.51. The number of aromatic nitrogens is 1. The van der Waals surface area contributed by atoms with Crippen molar-refractivity contribution in [2.24, 2.45) is 0 Å². The highest BCUT2D eigenvalue weighted by Gasteiger charge is 2.39. The van der Waals surface area contributed by atoms with E-state index in [1.54, 1.807) is 37.2 Å². The Morgan fingerprint density at radius 2 is 2.20 bits per heavy atom. The second kappa shape index (κ2) is 5.40. The van der Waals surface area contributed by atoms with Crippen LogP contribution < -0.4 is 5.32 Å². The molecular formula is C14H18ClN3O2. The van der Waals surface area contributed by atoms with Gasteiger partial charge in [0.05, 0.1) is 5.02 Å². The molecule has 0 aliphatic carbocycles. The Hall–Kier alpha value is -1.62. The molecule has 1 aliphatic heterocycles. The van der Waals surface area contributed by atoms with Crippen molar-refractivity contribution in [2.75, 3.05) is 0 Å². The lowest BCUT2D eigenvalue weighted by Crippen LogP contribution is -2.53. The van der Waals surface area contributed by atoms with Crippen LogP contribution in [0.5, 0.6) is 0 Å². The Kier molecular flexibility index (Phi) is 3.99. The molecule has 1 aromatic rings. The Balaban J connectivity index is 2.30. The molecule has 1 fully saturated rings. The maximum absolute atomic E-state index is 12.6. The van der Waals surface area contributed by atoms with Gasteiger partial charge in [-0.15, -0.1) is 0 Å². The van der Waals surface area contributed by atoms with E-state index in [0.29, 0.717) is 11.6 Å². The molecule has 0 saturated carbocycles. The van der Waals surface area contributed by atoms with Crippen molar-refractivity contribution in [1.82, 2.24) is 15.2 Å². The smallest absolute Gasteiger partial charge is 0.248 e. The van der Waals surface area contributed by atoms with E-state index in [-0.39, 0.29) is 24.3 Å². The maximum atomic E-state index is 12.6. The van der Waals surface area contributed by atoms with E-state index in [4.69, 9.17) is 11.6 Å². The van der Waals surface area contributed by atoms with Gasteiger partial charge in [0.15, 0.2) is 0 Å². The van der Waals surface area contributed by atoms with Crippen LogP contribution in [0.1, 0.15) is 32.8 Å². The van der Waals surface area contributed by atoms with E-state index in [1.807, 2.05) is 6.92 Å². The predicted molar refractivity (Wildman–Crippen MR) is 76.1 cm³/mol. The second-order valence-electron chi connectivity index (χ2n) is 5.63. The van der Waals surface area contributed by atoms with Gasteiger partial charge in [-0.2, -0.15) is 0 Å². The molecule has 1 aromatic heterocycles. The summed E-state index contributed by atoms with van der Waals surface area (Å²) in [5, 5.41) is 3.28. The van der Waals surface area contributed by atoms with Crippen LogP contribution in [0.25, 0.3) is 0 Å². The number of hydrogen-bond acceptors (Lipinski definition) is 3. The summed E-state index contributed by atoms with van der Waals surface area (Å²) in [4.78, 5) is 30.0. The highest BCUT2D eigenvalue weighted by Crippen LogP contribution is 2.23. The molecular weight excluding hydrogens is 278 g/mol. The molecule has 1 saturated heterocycles. The van der Waals surface area contributed by atoms with Gasteiger partial charge in [-0.25, -0.2) is 0 Å². The highest BCUT2D eigenvalue weighted by molar-refractivity contribution is 6.31. The molecule has 5 nitrogen and oxygen atoms in total. The van der Waals surface area contributed by atoms with Crippen LogP contribution in [0.15, 0.2) is 18.5 Å². The first-order valence-corrected chi connectivity index (χ1v) is 6.89. The van der Waals surface area contributed by atoms with Crippen LogP contribution in [-0.4, -0.2) is 33.3 Å². The van der Waals surface area contributed by atoms with E-state index in [2.05, 4.69) is 10.3 Å². The van der Waals surface area contributed by atoms with Gasteiger partial charge >= 0.3 is 0 Å². The third kappa shape index (κ3) is 2.93. The van der Waals surface area contributed by atoms with Gasteiger partial charge in [-0.3, -0.25) is 14.6 Å². The van der Waals surface area contributed by atoms with Crippen molar-refractivity contribution in [3.63, 3.8) is 0 Å². The third-order valence-electron chi connectivity index (χ3n) is 3.46. The quantitative estimate of drug-likeness (QED) is 0.904. The standard InChI is InChI=1S/C14H18ClN3O2/c1-9-6-12(19)17-14(2,3)13(20)18(9)8-10-4-5-16-7-11(10)15/h4-5,7,9H,6,8H2,1-3H3,(H,17,19). The van der Waals surface area contributed by atoms with Crippen molar-refractivity contribution >= 4 is 23.4 Å². The zero-order chi connectivity index (χ0) is 14.9. The summed E-state index contributed by atoms with van der Waals surface area (Å²) in [6.07, 6.45) is 3.49. The molecule has 0 spiro atoms. The molecule has 20 heavy (non-hydrogen) atoms. The fourth-order valence-electron chi connectivity index (χ4n) is 2.33. The zero-order valence-electron chi connectivity index (χ0n) is 11.8. The first-order valence-electron chi connectivity index (χ1n) is 6.52. The topological polar surface area (TPSA) is 62.3 Å². The fraction of sp³-hybridized carbons (Fsp3) is 0.500. The lowest BCUT2D eigenvalue weighted by molar-refractivity contribution is -0.139. The number of pyridine rings is 1. The van der Waals surface area contributed by atoms with Crippen molar-refractivity contribution in [3.05, 3.63) is 29.0 Å². The predicted octanol–water partition coefficient (Wildman–Crippen LogP) is 1.75. The van der Waals surface area contributed by atoms with E-state index >= 15 is 0 Å². The summed E-state index contributed by atoms with van der Waals surface area (Å²) >= 11 is 6.10. The Morgan fingerprint density at radius 1 is 1.50 bits per heavy atom. The average Bonchev–Trinajstić information content (AvgIpc) is 2.41. The summed E-state index contributed by atoms with van der Waals surface area (Å²) < 4.78 is 0. The van der Waals surface area contributed by atoms with Crippen LogP contribution in [0, 0.1) is 0 Å². The van der Waals surface area contributed by atoms with Gasteiger partial charge in [-0.1, -0.05) is 11.6 Å². The maximum Gasteiger partial charge on any atom is 0.248 e. The third-order valence-corrected chi connectivity index (χ3v) is 3.80. The van der Waals surface area contributed by atoms with Gasteiger partial charge in [0.2, 0.25) is 11.8 Å². The molecule has 2 amide bonds. The first kappa shape index (κ1) is 14.8. The highest BCUT2D eigenvalue weighted by atomic mass is 35.5. The van der Waals surface area contributed by atoms with Crippen LogP contribution >= 0.6 is 11.6 Å². The molecule has 1 unspecified atom stereocenters. The summed E-state index contributed by atoms with van der Waals surface area (Å²) in [5.41, 5.74) is -0.0755. The molecule has 0 radical (unpaired) electrons. The van der Waals surface area contributed by atoms with Crippen LogP contribution in [0.2, 0.25) is 5.02 Å². The molecule has 1 N–H and O–H groups in total. The molecule has 108 valence electrons. The summed E-state index contributed by atoms with van der Waals surface area (Å²) in [5.74, 6) is -0.220. The number of nitrogens with one attached hydrogen (secondary N) is 1. The summed E-state index contributed by atoms with van der Waals surface area (Å²) in [6, 6.07) is 1.61. The van der Waals surface area contributed by atoms with Crippen molar-refractivity contribution in [2.45, 2.75) is 45.3 Å². The lowest BCUT2D eigenvalue weighted by Gasteiger charge is -2.32. The monoisotopic (exact) mass is 295 g/mol. The van der Waals surface area contributed by atoms with Gasteiger partial charge in [0.1, 0.15) is 5.54 Å². The SMILES string of the molecule is CC1CC(=O)NC(C)(C)C(=O)N1Cc1ccncc1Cl. The molecule has 1 atom stereocenters. The Labute approximate surface area is 123 Å². The van der Waals surface area contributed by atoms with E-state index < -0.39 is 5.54 Å². The van der Waals surface area contributed by atoms with Crippen molar-refractivity contribution < 1.29 is 9.59 Å². The van der Waals surface area contributed by atoms with Crippen molar-refractivity contribution in [1.29, 1.82) is 0 Å². The van der Waals surface area contributed by atoms with Gasteiger partial charge in [0, 0.05) is 31.4 Å². The number of rotatable bonds is 2. The molecule has 0 bridgehead atoms. The molecule has 1 aliphatic rings. The average molecular weight is 296 g/mol. The largest absolute Gasteiger partial charge is 0.342 e. The number of nitrogens with zero attached hydrogens (tertiary/aromatic N) is 2.